The van der Waals surface area contributed by atoms with E-state index in [4.69, 9.17) is 0 Å². The second-order valence-corrected chi connectivity index (χ2v) is 5.23. The van der Waals surface area contributed by atoms with Gasteiger partial charge in [-0.25, -0.2) is 9.37 Å². The van der Waals surface area contributed by atoms with Gasteiger partial charge in [0.25, 0.3) is 0 Å². The highest BCUT2D eigenvalue weighted by Gasteiger charge is 2.25. The van der Waals surface area contributed by atoms with E-state index in [-0.39, 0.29) is 5.82 Å². The maximum absolute atomic E-state index is 13.1. The number of anilines is 1. The topological polar surface area (TPSA) is 40.7 Å². The van der Waals surface area contributed by atoms with Crippen LogP contribution in [-0.2, 0) is 6.42 Å². The highest BCUT2D eigenvalue weighted by molar-refractivity contribution is 5.77. The van der Waals surface area contributed by atoms with Crippen LogP contribution in [0.25, 0.3) is 11.0 Å². The molecule has 4 heteroatoms. The molecule has 0 amide bonds. The number of hydrogen-bond acceptors (Lipinski definition) is 2. The molecule has 20 heavy (non-hydrogen) atoms. The Labute approximate surface area is 115 Å². The van der Waals surface area contributed by atoms with Gasteiger partial charge >= 0.3 is 0 Å². The van der Waals surface area contributed by atoms with E-state index in [2.05, 4.69) is 39.6 Å². The fraction of sp³-hybridized carbons (Fsp3) is 0.188. The summed E-state index contributed by atoms with van der Waals surface area (Å²) in [6.07, 6.45) is 1.11. The average molecular weight is 267 g/mol. The normalized spacial score (nSPS) is 16.8. The smallest absolute Gasteiger partial charge is 0.201 e. The molecule has 4 rings (SSSR count). The van der Waals surface area contributed by atoms with E-state index in [1.807, 2.05) is 0 Å². The molecule has 0 radical (unpaired) electrons. The predicted molar refractivity (Wildman–Crippen MR) is 77.4 cm³/mol. The number of aromatic nitrogens is 2. The quantitative estimate of drug-likeness (QED) is 0.763. The van der Waals surface area contributed by atoms with E-state index < -0.39 is 0 Å². The van der Waals surface area contributed by atoms with Crippen LogP contribution < -0.4 is 5.32 Å². The van der Waals surface area contributed by atoms with Crippen LogP contribution in [0, 0.1) is 5.82 Å². The van der Waals surface area contributed by atoms with E-state index in [1.54, 1.807) is 6.07 Å². The Morgan fingerprint density at radius 1 is 1.25 bits per heavy atom. The number of benzene rings is 2. The molecule has 1 aliphatic rings. The fourth-order valence-corrected chi connectivity index (χ4v) is 2.83. The number of halogens is 1. The first-order valence-electron chi connectivity index (χ1n) is 6.76. The van der Waals surface area contributed by atoms with Crippen molar-refractivity contribution in [1.29, 1.82) is 0 Å². The van der Waals surface area contributed by atoms with Crippen LogP contribution in [-0.4, -0.2) is 16.5 Å². The molecule has 1 atom stereocenters. The van der Waals surface area contributed by atoms with E-state index >= 15 is 0 Å². The number of fused-ring (bicyclic) bond motifs is 2. The van der Waals surface area contributed by atoms with E-state index in [0.29, 0.717) is 11.9 Å². The summed E-state index contributed by atoms with van der Waals surface area (Å²) in [6.45, 7) is 0.847. The lowest BCUT2D eigenvalue weighted by Gasteiger charge is -2.30. The number of aromatic amines is 1. The SMILES string of the molecule is Fc1ccc2nc(NCC3Cc4ccccc43)[nH]c2c1. The van der Waals surface area contributed by atoms with Gasteiger partial charge in [-0.3, -0.25) is 0 Å². The van der Waals surface area contributed by atoms with E-state index in [9.17, 15) is 4.39 Å². The molecule has 0 saturated heterocycles. The van der Waals surface area contributed by atoms with Crippen molar-refractivity contribution in [2.75, 3.05) is 11.9 Å². The number of nitrogens with zero attached hydrogens (tertiary/aromatic N) is 1. The molecule has 100 valence electrons. The van der Waals surface area contributed by atoms with Gasteiger partial charge in [-0.05, 0) is 35.7 Å². The maximum Gasteiger partial charge on any atom is 0.201 e. The summed E-state index contributed by atoms with van der Waals surface area (Å²) in [5.41, 5.74) is 4.36. The molecule has 1 unspecified atom stereocenters. The van der Waals surface area contributed by atoms with Crippen LogP contribution in [0.5, 0.6) is 0 Å². The minimum Gasteiger partial charge on any atom is -0.355 e. The lowest BCUT2D eigenvalue weighted by atomic mass is 9.78. The molecular weight excluding hydrogens is 253 g/mol. The van der Waals surface area contributed by atoms with Crippen molar-refractivity contribution in [3.05, 3.63) is 59.4 Å². The highest BCUT2D eigenvalue weighted by atomic mass is 19.1. The first-order chi connectivity index (χ1) is 9.79. The third-order valence-corrected chi connectivity index (χ3v) is 3.92. The molecule has 0 saturated carbocycles. The number of hydrogen-bond donors (Lipinski definition) is 2. The van der Waals surface area contributed by atoms with Gasteiger partial charge in [0.05, 0.1) is 11.0 Å². The first kappa shape index (κ1) is 11.5. The van der Waals surface area contributed by atoms with Crippen LogP contribution in [0.15, 0.2) is 42.5 Å². The molecule has 2 aromatic carbocycles. The maximum atomic E-state index is 13.1. The summed E-state index contributed by atoms with van der Waals surface area (Å²) in [4.78, 5) is 7.51. The van der Waals surface area contributed by atoms with Gasteiger partial charge in [0.1, 0.15) is 5.82 Å². The molecule has 0 bridgehead atoms. The summed E-state index contributed by atoms with van der Waals surface area (Å²) in [6, 6.07) is 13.1. The van der Waals surface area contributed by atoms with Crippen molar-refractivity contribution in [1.82, 2.24) is 9.97 Å². The largest absolute Gasteiger partial charge is 0.355 e. The monoisotopic (exact) mass is 267 g/mol. The van der Waals surface area contributed by atoms with Crippen molar-refractivity contribution in [2.45, 2.75) is 12.3 Å². The Bertz CT molecular complexity index is 778. The zero-order valence-corrected chi connectivity index (χ0v) is 10.9. The van der Waals surface area contributed by atoms with Gasteiger partial charge in [-0.2, -0.15) is 0 Å². The molecule has 1 aliphatic carbocycles. The second kappa shape index (κ2) is 4.34. The van der Waals surface area contributed by atoms with Crippen molar-refractivity contribution < 1.29 is 4.39 Å². The van der Waals surface area contributed by atoms with Crippen LogP contribution in [0.1, 0.15) is 17.0 Å². The van der Waals surface area contributed by atoms with Crippen molar-refractivity contribution in [2.24, 2.45) is 0 Å². The standard InChI is InChI=1S/C16H14FN3/c17-12-5-6-14-15(8-12)20-16(19-14)18-9-11-7-10-3-1-2-4-13(10)11/h1-6,8,11H,7,9H2,(H2,18,19,20). The summed E-state index contributed by atoms with van der Waals surface area (Å²) in [5.74, 6) is 0.992. The Morgan fingerprint density at radius 2 is 2.15 bits per heavy atom. The molecule has 3 nitrogen and oxygen atoms in total. The van der Waals surface area contributed by atoms with Gasteiger partial charge in [0.2, 0.25) is 5.95 Å². The van der Waals surface area contributed by atoms with E-state index in [1.165, 1.54) is 23.3 Å². The predicted octanol–water partition coefficient (Wildman–Crippen LogP) is 3.45. The van der Waals surface area contributed by atoms with Crippen molar-refractivity contribution >= 4 is 17.0 Å². The number of H-pyrrole nitrogens is 1. The van der Waals surface area contributed by atoms with Gasteiger partial charge in [-0.15, -0.1) is 0 Å². The fourth-order valence-electron chi connectivity index (χ4n) is 2.83. The van der Waals surface area contributed by atoms with Crippen LogP contribution in [0.2, 0.25) is 0 Å². The number of rotatable bonds is 3. The molecule has 2 N–H and O–H groups in total. The zero-order valence-electron chi connectivity index (χ0n) is 10.9. The van der Waals surface area contributed by atoms with Crippen molar-refractivity contribution in [3.8, 4) is 0 Å². The van der Waals surface area contributed by atoms with Crippen LogP contribution in [0.3, 0.4) is 0 Å². The summed E-state index contributed by atoms with van der Waals surface area (Å²) in [7, 11) is 0. The van der Waals surface area contributed by atoms with Crippen molar-refractivity contribution in [3.63, 3.8) is 0 Å². The Balaban J connectivity index is 1.49. The molecule has 1 aromatic heterocycles. The summed E-state index contributed by atoms with van der Waals surface area (Å²) in [5, 5.41) is 3.31. The second-order valence-electron chi connectivity index (χ2n) is 5.23. The highest BCUT2D eigenvalue weighted by Crippen LogP contribution is 2.34. The average Bonchev–Trinajstić information content (AvgIpc) is 2.81. The minimum atomic E-state index is -0.249. The molecule has 0 fully saturated rings. The minimum absolute atomic E-state index is 0.249. The van der Waals surface area contributed by atoms with Gasteiger partial charge in [-0.1, -0.05) is 24.3 Å². The molecular formula is C16H14FN3. The Kier molecular flexibility index (Phi) is 2.49. The van der Waals surface area contributed by atoms with Gasteiger partial charge in [0, 0.05) is 12.5 Å². The Hall–Kier alpha value is -2.36. The zero-order chi connectivity index (χ0) is 13.5. The Morgan fingerprint density at radius 3 is 3.05 bits per heavy atom. The lowest BCUT2D eigenvalue weighted by molar-refractivity contribution is 0.629. The van der Waals surface area contributed by atoms with Crippen LogP contribution >= 0.6 is 0 Å². The molecule has 0 aliphatic heterocycles. The lowest BCUT2D eigenvalue weighted by Crippen LogP contribution is -2.24. The first-order valence-corrected chi connectivity index (χ1v) is 6.76. The molecule has 1 heterocycles. The number of nitrogens with one attached hydrogen (secondary N) is 2. The van der Waals surface area contributed by atoms with Gasteiger partial charge in [0.15, 0.2) is 0 Å². The molecule has 3 aromatic rings. The third-order valence-electron chi connectivity index (χ3n) is 3.92. The number of imidazole rings is 1. The third kappa shape index (κ3) is 1.84. The van der Waals surface area contributed by atoms with Crippen LogP contribution in [0.4, 0.5) is 10.3 Å². The van der Waals surface area contributed by atoms with E-state index in [0.717, 1.165) is 24.0 Å². The summed E-state index contributed by atoms with van der Waals surface area (Å²) >= 11 is 0. The summed E-state index contributed by atoms with van der Waals surface area (Å²) < 4.78 is 13.1. The molecule has 0 spiro atoms. The van der Waals surface area contributed by atoms with Gasteiger partial charge < -0.3 is 10.3 Å².